The quantitative estimate of drug-likeness (QED) is 0.755. The molecule has 2 aliphatic rings. The molecule has 0 bridgehead atoms. The summed E-state index contributed by atoms with van der Waals surface area (Å²) < 4.78 is 5.28. The number of nitrogens with zero attached hydrogens (tertiary/aromatic N) is 3. The Bertz CT molecular complexity index is 1040. The maximum absolute atomic E-state index is 12.6. The van der Waals surface area contributed by atoms with E-state index < -0.39 is 11.6 Å². The number of carbonyl (C=O) groups is 2. The first kappa shape index (κ1) is 21.0. The second-order valence-electron chi connectivity index (χ2n) is 8.22. The van der Waals surface area contributed by atoms with E-state index in [9.17, 15) is 14.9 Å². The van der Waals surface area contributed by atoms with E-state index in [1.807, 2.05) is 30.3 Å². The number of nitrogens with one attached hydrogen (secondary N) is 1. The standard InChI is InChI=1S/C23H25N5O3/c1-28-14-18-11-17(13-26-20(18)21(28)29)16-4-2-15(3-5-16)10-19(12-24)27-22(30)23(25)6-8-31-9-7-23/h2-5,11,13,19H,6-10,14,25H2,1H3,(H,27,30)/t19-/m0/s1. The summed E-state index contributed by atoms with van der Waals surface area (Å²) in [5.41, 5.74) is 9.50. The topological polar surface area (TPSA) is 121 Å². The van der Waals surface area contributed by atoms with Crippen LogP contribution in [0.5, 0.6) is 0 Å². The second-order valence-corrected chi connectivity index (χ2v) is 8.22. The highest BCUT2D eigenvalue weighted by molar-refractivity contribution is 5.96. The van der Waals surface area contributed by atoms with Crippen molar-refractivity contribution in [2.24, 2.45) is 5.73 Å². The van der Waals surface area contributed by atoms with Crippen LogP contribution >= 0.6 is 0 Å². The average molecular weight is 419 g/mol. The number of hydrogen-bond donors (Lipinski definition) is 2. The van der Waals surface area contributed by atoms with Crippen LogP contribution in [0.25, 0.3) is 11.1 Å². The van der Waals surface area contributed by atoms with Crippen molar-refractivity contribution in [2.45, 2.75) is 37.4 Å². The zero-order valence-electron chi connectivity index (χ0n) is 17.4. The number of hydrogen-bond acceptors (Lipinski definition) is 6. The van der Waals surface area contributed by atoms with E-state index in [0.29, 0.717) is 44.7 Å². The molecule has 0 radical (unpaired) electrons. The normalized spacial score (nSPS) is 18.2. The minimum atomic E-state index is -0.979. The van der Waals surface area contributed by atoms with Gasteiger partial charge in [-0.3, -0.25) is 14.6 Å². The molecule has 31 heavy (non-hydrogen) atoms. The molecule has 0 unspecified atom stereocenters. The lowest BCUT2D eigenvalue weighted by Gasteiger charge is -2.32. The molecule has 1 atom stereocenters. The van der Waals surface area contributed by atoms with Gasteiger partial charge in [0.1, 0.15) is 11.7 Å². The molecule has 8 heteroatoms. The molecule has 8 nitrogen and oxygen atoms in total. The first-order chi connectivity index (χ1) is 14.9. The molecule has 1 saturated heterocycles. The van der Waals surface area contributed by atoms with E-state index in [0.717, 1.165) is 22.3 Å². The van der Waals surface area contributed by atoms with E-state index in [4.69, 9.17) is 10.5 Å². The number of rotatable bonds is 5. The molecule has 1 aromatic carbocycles. The zero-order chi connectivity index (χ0) is 22.0. The highest BCUT2D eigenvalue weighted by atomic mass is 16.5. The van der Waals surface area contributed by atoms with Gasteiger partial charge in [-0.2, -0.15) is 5.26 Å². The molecule has 1 aromatic heterocycles. The summed E-state index contributed by atoms with van der Waals surface area (Å²) in [5.74, 6) is -0.357. The Kier molecular flexibility index (Phi) is 5.72. The predicted octanol–water partition coefficient (Wildman–Crippen LogP) is 1.39. The summed E-state index contributed by atoms with van der Waals surface area (Å²) in [6.07, 6.45) is 2.98. The Balaban J connectivity index is 1.42. The third-order valence-corrected chi connectivity index (χ3v) is 5.95. The average Bonchev–Trinajstić information content (AvgIpc) is 3.07. The molecule has 0 spiro atoms. The van der Waals surface area contributed by atoms with Crippen LogP contribution in [0.3, 0.4) is 0 Å². The van der Waals surface area contributed by atoms with Crippen molar-refractivity contribution < 1.29 is 14.3 Å². The zero-order valence-corrected chi connectivity index (χ0v) is 17.4. The van der Waals surface area contributed by atoms with Crippen molar-refractivity contribution in [2.75, 3.05) is 20.3 Å². The number of amides is 2. The molecule has 2 amide bonds. The van der Waals surface area contributed by atoms with Crippen LogP contribution in [0, 0.1) is 11.3 Å². The summed E-state index contributed by atoms with van der Waals surface area (Å²) in [6.45, 7) is 1.46. The maximum atomic E-state index is 12.6. The number of aromatic nitrogens is 1. The summed E-state index contributed by atoms with van der Waals surface area (Å²) in [4.78, 5) is 30.6. The molecule has 0 aliphatic carbocycles. The van der Waals surface area contributed by atoms with Crippen LogP contribution in [0.2, 0.25) is 0 Å². The number of nitrogens with two attached hydrogens (primary N) is 1. The number of benzene rings is 1. The molecule has 4 rings (SSSR count). The van der Waals surface area contributed by atoms with Crippen molar-refractivity contribution in [1.29, 1.82) is 5.26 Å². The van der Waals surface area contributed by atoms with E-state index in [1.54, 1.807) is 18.1 Å². The van der Waals surface area contributed by atoms with Gasteiger partial charge in [-0.1, -0.05) is 24.3 Å². The predicted molar refractivity (Wildman–Crippen MR) is 114 cm³/mol. The van der Waals surface area contributed by atoms with E-state index in [2.05, 4.69) is 16.4 Å². The number of carbonyl (C=O) groups excluding carboxylic acids is 2. The lowest BCUT2D eigenvalue weighted by atomic mass is 9.90. The summed E-state index contributed by atoms with van der Waals surface area (Å²) in [7, 11) is 1.76. The fourth-order valence-electron chi connectivity index (χ4n) is 3.95. The van der Waals surface area contributed by atoms with Gasteiger partial charge in [0.2, 0.25) is 5.91 Å². The SMILES string of the molecule is CN1Cc2cc(-c3ccc(C[C@@H](C#N)NC(=O)C4(N)CCOCC4)cc3)cnc2C1=O. The van der Waals surface area contributed by atoms with Gasteiger partial charge in [0, 0.05) is 50.6 Å². The van der Waals surface area contributed by atoms with E-state index in [-0.39, 0.29) is 11.8 Å². The molecule has 0 saturated carbocycles. The maximum Gasteiger partial charge on any atom is 0.272 e. The van der Waals surface area contributed by atoms with Gasteiger partial charge in [0.15, 0.2) is 0 Å². The summed E-state index contributed by atoms with van der Waals surface area (Å²) >= 11 is 0. The monoisotopic (exact) mass is 419 g/mol. The Morgan fingerprint density at radius 1 is 1.32 bits per heavy atom. The van der Waals surface area contributed by atoms with Gasteiger partial charge in [-0.25, -0.2) is 0 Å². The van der Waals surface area contributed by atoms with Crippen LogP contribution in [0.4, 0.5) is 0 Å². The molecular weight excluding hydrogens is 394 g/mol. The number of pyridine rings is 1. The first-order valence-electron chi connectivity index (χ1n) is 10.3. The summed E-state index contributed by atoms with van der Waals surface area (Å²) in [5, 5.41) is 12.3. The van der Waals surface area contributed by atoms with Gasteiger partial charge in [-0.05, 0) is 30.0 Å². The van der Waals surface area contributed by atoms with E-state index in [1.165, 1.54) is 0 Å². The molecular formula is C23H25N5O3. The number of nitriles is 1. The summed E-state index contributed by atoms with van der Waals surface area (Å²) in [6, 6.07) is 11.3. The second kappa shape index (κ2) is 8.46. The van der Waals surface area contributed by atoms with Crippen molar-refractivity contribution in [3.8, 4) is 17.2 Å². The third-order valence-electron chi connectivity index (χ3n) is 5.95. The Hall–Kier alpha value is -3.28. The number of ether oxygens (including phenoxy) is 1. The van der Waals surface area contributed by atoms with Gasteiger partial charge >= 0.3 is 0 Å². The minimum Gasteiger partial charge on any atom is -0.381 e. The fraction of sp³-hybridized carbons (Fsp3) is 0.391. The third kappa shape index (κ3) is 4.29. The number of fused-ring (bicyclic) bond motifs is 1. The Morgan fingerprint density at radius 2 is 2.03 bits per heavy atom. The smallest absolute Gasteiger partial charge is 0.272 e. The largest absolute Gasteiger partial charge is 0.381 e. The highest BCUT2D eigenvalue weighted by Gasteiger charge is 2.36. The van der Waals surface area contributed by atoms with Crippen LogP contribution < -0.4 is 11.1 Å². The van der Waals surface area contributed by atoms with Gasteiger partial charge < -0.3 is 20.7 Å². The molecule has 2 aromatic rings. The lowest BCUT2D eigenvalue weighted by molar-refractivity contribution is -0.130. The van der Waals surface area contributed by atoms with Gasteiger partial charge in [0.05, 0.1) is 11.6 Å². The fourth-order valence-corrected chi connectivity index (χ4v) is 3.95. The Labute approximate surface area is 181 Å². The van der Waals surface area contributed by atoms with Crippen LogP contribution in [-0.4, -0.2) is 53.5 Å². The van der Waals surface area contributed by atoms with Gasteiger partial charge in [-0.15, -0.1) is 0 Å². The van der Waals surface area contributed by atoms with Crippen LogP contribution in [0.1, 0.15) is 34.5 Å². The van der Waals surface area contributed by atoms with Crippen LogP contribution in [-0.2, 0) is 22.5 Å². The van der Waals surface area contributed by atoms with Crippen molar-refractivity contribution in [3.05, 3.63) is 53.3 Å². The van der Waals surface area contributed by atoms with Crippen molar-refractivity contribution in [1.82, 2.24) is 15.2 Å². The molecule has 1 fully saturated rings. The van der Waals surface area contributed by atoms with Crippen molar-refractivity contribution >= 4 is 11.8 Å². The molecule has 2 aliphatic heterocycles. The molecule has 3 heterocycles. The minimum absolute atomic E-state index is 0.0542. The lowest BCUT2D eigenvalue weighted by Crippen LogP contribution is -2.58. The van der Waals surface area contributed by atoms with Gasteiger partial charge in [0.25, 0.3) is 5.91 Å². The highest BCUT2D eigenvalue weighted by Crippen LogP contribution is 2.26. The van der Waals surface area contributed by atoms with Crippen LogP contribution in [0.15, 0.2) is 36.5 Å². The van der Waals surface area contributed by atoms with E-state index >= 15 is 0 Å². The molecule has 160 valence electrons. The first-order valence-corrected chi connectivity index (χ1v) is 10.3. The molecule has 3 N–H and O–H groups in total. The van der Waals surface area contributed by atoms with Crippen molar-refractivity contribution in [3.63, 3.8) is 0 Å². The Morgan fingerprint density at radius 3 is 2.71 bits per heavy atom.